The normalized spacial score (nSPS) is 11.0. The molecule has 2 aromatic carbocycles. The average Bonchev–Trinajstić information content (AvgIpc) is 3.02. The topological polar surface area (TPSA) is 17.3 Å². The van der Waals surface area contributed by atoms with Crippen LogP contribution in [0.25, 0.3) is 16.9 Å². The minimum absolute atomic E-state index is 0.874. The van der Waals surface area contributed by atoms with Crippen molar-refractivity contribution in [2.24, 2.45) is 0 Å². The van der Waals surface area contributed by atoms with Crippen molar-refractivity contribution >= 4 is 5.65 Å². The van der Waals surface area contributed by atoms with Crippen molar-refractivity contribution in [3.63, 3.8) is 0 Å². The second kappa shape index (κ2) is 6.32. The standard InChI is InChI=1S/C22H20N2/c1-2-17-11-13-18(14-12-17)16-20-22(19-8-4-3-5-9-19)23-21-10-6-7-15-24(20)21/h3-15H,2,16H2,1H3. The molecule has 2 aromatic heterocycles. The summed E-state index contributed by atoms with van der Waals surface area (Å²) in [6.45, 7) is 2.19. The van der Waals surface area contributed by atoms with E-state index in [-0.39, 0.29) is 0 Å². The van der Waals surface area contributed by atoms with Crippen molar-refractivity contribution in [3.05, 3.63) is 95.8 Å². The molecular formula is C22H20N2. The van der Waals surface area contributed by atoms with Gasteiger partial charge in [0.15, 0.2) is 0 Å². The summed E-state index contributed by atoms with van der Waals surface area (Å²) in [5, 5.41) is 0. The summed E-state index contributed by atoms with van der Waals surface area (Å²) in [6.07, 6.45) is 4.05. The first-order chi connectivity index (χ1) is 11.8. The Labute approximate surface area is 142 Å². The lowest BCUT2D eigenvalue weighted by molar-refractivity contribution is 1.02. The summed E-state index contributed by atoms with van der Waals surface area (Å²) in [5.41, 5.74) is 7.16. The number of nitrogens with zero attached hydrogens (tertiary/aromatic N) is 2. The maximum Gasteiger partial charge on any atom is 0.137 e. The van der Waals surface area contributed by atoms with Crippen LogP contribution < -0.4 is 0 Å². The molecule has 0 atom stereocenters. The molecule has 0 aliphatic heterocycles. The maximum absolute atomic E-state index is 4.88. The molecule has 0 unspecified atom stereocenters. The minimum Gasteiger partial charge on any atom is -0.303 e. The number of pyridine rings is 1. The number of fused-ring (bicyclic) bond motifs is 1. The Balaban J connectivity index is 1.83. The lowest BCUT2D eigenvalue weighted by atomic mass is 10.0. The Morgan fingerprint density at radius 1 is 0.792 bits per heavy atom. The lowest BCUT2D eigenvalue weighted by Crippen LogP contribution is -1.96. The van der Waals surface area contributed by atoms with Crippen molar-refractivity contribution in [3.8, 4) is 11.3 Å². The summed E-state index contributed by atoms with van der Waals surface area (Å²) in [6, 6.07) is 25.5. The van der Waals surface area contributed by atoms with E-state index in [4.69, 9.17) is 4.98 Å². The van der Waals surface area contributed by atoms with Crippen LogP contribution in [0, 0.1) is 0 Å². The van der Waals surface area contributed by atoms with Crippen LogP contribution in [-0.2, 0) is 12.8 Å². The van der Waals surface area contributed by atoms with Crippen molar-refractivity contribution < 1.29 is 0 Å². The molecule has 2 heterocycles. The second-order valence-corrected chi connectivity index (χ2v) is 6.05. The molecule has 2 heteroatoms. The third-order valence-electron chi connectivity index (χ3n) is 4.48. The molecule has 0 amide bonds. The SMILES string of the molecule is CCc1ccc(Cc2c(-c3ccccc3)nc3ccccn23)cc1. The molecule has 4 rings (SSSR count). The van der Waals surface area contributed by atoms with Crippen LogP contribution in [0.2, 0.25) is 0 Å². The third kappa shape index (κ3) is 2.71. The first-order valence-corrected chi connectivity index (χ1v) is 8.44. The summed E-state index contributed by atoms with van der Waals surface area (Å²) < 4.78 is 2.20. The van der Waals surface area contributed by atoms with Gasteiger partial charge in [-0.15, -0.1) is 0 Å². The third-order valence-corrected chi connectivity index (χ3v) is 4.48. The minimum atomic E-state index is 0.874. The summed E-state index contributed by atoms with van der Waals surface area (Å²) in [4.78, 5) is 4.88. The van der Waals surface area contributed by atoms with E-state index >= 15 is 0 Å². The largest absolute Gasteiger partial charge is 0.303 e. The van der Waals surface area contributed by atoms with E-state index in [0.717, 1.165) is 24.2 Å². The molecule has 0 fully saturated rings. The second-order valence-electron chi connectivity index (χ2n) is 6.05. The predicted octanol–water partition coefficient (Wildman–Crippen LogP) is 5.15. The fourth-order valence-electron chi connectivity index (χ4n) is 3.13. The van der Waals surface area contributed by atoms with Gasteiger partial charge in [-0.05, 0) is 29.7 Å². The van der Waals surface area contributed by atoms with Gasteiger partial charge in [-0.2, -0.15) is 0 Å². The van der Waals surface area contributed by atoms with Gasteiger partial charge in [-0.3, -0.25) is 0 Å². The smallest absolute Gasteiger partial charge is 0.137 e. The predicted molar refractivity (Wildman–Crippen MR) is 99.3 cm³/mol. The molecule has 4 aromatic rings. The Kier molecular flexibility index (Phi) is 3.87. The number of aryl methyl sites for hydroxylation is 1. The molecule has 0 aliphatic carbocycles. The van der Waals surface area contributed by atoms with Crippen molar-refractivity contribution in [1.29, 1.82) is 0 Å². The zero-order chi connectivity index (χ0) is 16.4. The zero-order valence-electron chi connectivity index (χ0n) is 13.8. The number of rotatable bonds is 4. The molecule has 0 N–H and O–H groups in total. The van der Waals surface area contributed by atoms with E-state index in [1.807, 2.05) is 12.1 Å². The molecule has 118 valence electrons. The molecule has 2 nitrogen and oxygen atoms in total. The maximum atomic E-state index is 4.88. The summed E-state index contributed by atoms with van der Waals surface area (Å²) in [5.74, 6) is 0. The van der Waals surface area contributed by atoms with Gasteiger partial charge < -0.3 is 4.40 Å². The van der Waals surface area contributed by atoms with Crippen molar-refractivity contribution in [1.82, 2.24) is 9.38 Å². The molecule has 0 radical (unpaired) electrons. The Hall–Kier alpha value is -2.87. The molecule has 0 spiro atoms. The number of imidazole rings is 1. The van der Waals surface area contributed by atoms with Crippen LogP contribution in [0.3, 0.4) is 0 Å². The van der Waals surface area contributed by atoms with Crippen LogP contribution >= 0.6 is 0 Å². The van der Waals surface area contributed by atoms with Gasteiger partial charge in [-0.1, -0.05) is 67.6 Å². The first-order valence-electron chi connectivity index (χ1n) is 8.44. The molecule has 0 bridgehead atoms. The highest BCUT2D eigenvalue weighted by molar-refractivity contribution is 5.67. The molecule has 0 saturated heterocycles. The van der Waals surface area contributed by atoms with Gasteiger partial charge in [0.25, 0.3) is 0 Å². The van der Waals surface area contributed by atoms with Crippen molar-refractivity contribution in [2.45, 2.75) is 19.8 Å². The number of hydrogen-bond donors (Lipinski definition) is 0. The van der Waals surface area contributed by atoms with Crippen LogP contribution in [0.1, 0.15) is 23.7 Å². The summed E-state index contributed by atoms with van der Waals surface area (Å²) in [7, 11) is 0. The highest BCUT2D eigenvalue weighted by Gasteiger charge is 2.14. The van der Waals surface area contributed by atoms with Crippen molar-refractivity contribution in [2.75, 3.05) is 0 Å². The van der Waals surface area contributed by atoms with Gasteiger partial charge in [0.05, 0.1) is 11.4 Å². The highest BCUT2D eigenvalue weighted by Crippen LogP contribution is 2.26. The monoisotopic (exact) mass is 312 g/mol. The number of hydrogen-bond acceptors (Lipinski definition) is 1. The van der Waals surface area contributed by atoms with Gasteiger partial charge in [0.2, 0.25) is 0 Å². The van der Waals surface area contributed by atoms with Crippen LogP contribution in [0.15, 0.2) is 79.0 Å². The van der Waals surface area contributed by atoms with E-state index < -0.39 is 0 Å². The Bertz CT molecular complexity index is 950. The van der Waals surface area contributed by atoms with E-state index in [9.17, 15) is 0 Å². The van der Waals surface area contributed by atoms with Crippen LogP contribution in [0.4, 0.5) is 0 Å². The molecular weight excluding hydrogens is 292 g/mol. The van der Waals surface area contributed by atoms with Crippen LogP contribution in [-0.4, -0.2) is 9.38 Å². The van der Waals surface area contributed by atoms with Gasteiger partial charge in [0.1, 0.15) is 5.65 Å². The van der Waals surface area contributed by atoms with E-state index in [2.05, 4.69) is 78.2 Å². The quantitative estimate of drug-likeness (QED) is 0.509. The van der Waals surface area contributed by atoms with Gasteiger partial charge in [-0.25, -0.2) is 4.98 Å². The average molecular weight is 312 g/mol. The van der Waals surface area contributed by atoms with Gasteiger partial charge >= 0.3 is 0 Å². The van der Waals surface area contributed by atoms with Crippen LogP contribution in [0.5, 0.6) is 0 Å². The molecule has 24 heavy (non-hydrogen) atoms. The fraction of sp³-hybridized carbons (Fsp3) is 0.136. The highest BCUT2D eigenvalue weighted by atomic mass is 15.0. The lowest BCUT2D eigenvalue weighted by Gasteiger charge is -2.07. The number of aromatic nitrogens is 2. The Morgan fingerprint density at radius 2 is 1.50 bits per heavy atom. The fourth-order valence-corrected chi connectivity index (χ4v) is 3.13. The van der Waals surface area contributed by atoms with E-state index in [1.54, 1.807) is 0 Å². The Morgan fingerprint density at radius 3 is 2.25 bits per heavy atom. The molecule has 0 saturated carbocycles. The first kappa shape index (κ1) is 14.7. The zero-order valence-corrected chi connectivity index (χ0v) is 13.8. The van der Waals surface area contributed by atoms with Gasteiger partial charge in [0, 0.05) is 18.2 Å². The number of benzene rings is 2. The molecule has 0 aliphatic rings. The van der Waals surface area contributed by atoms with E-state index in [1.165, 1.54) is 22.4 Å². The van der Waals surface area contributed by atoms with E-state index in [0.29, 0.717) is 0 Å². The summed E-state index contributed by atoms with van der Waals surface area (Å²) >= 11 is 0.